The summed E-state index contributed by atoms with van der Waals surface area (Å²) < 4.78 is 39.4. The number of likely N-dealkylation sites (N-methyl/N-ethyl adjacent to an activating group) is 1. The normalized spacial score (nSPS) is 23.8. The van der Waals surface area contributed by atoms with Crippen LogP contribution < -0.4 is 0 Å². The molecule has 0 saturated carbocycles. The van der Waals surface area contributed by atoms with Crippen molar-refractivity contribution < 1.29 is 23.1 Å². The van der Waals surface area contributed by atoms with Crippen molar-refractivity contribution in [3.8, 4) is 0 Å². The van der Waals surface area contributed by atoms with Crippen LogP contribution in [0.2, 0.25) is 0 Å². The number of carbonyl (C=O) groups is 1. The van der Waals surface area contributed by atoms with Crippen LogP contribution in [-0.4, -0.2) is 28.6 Å². The molecule has 1 N–H and O–H groups in total. The molecule has 0 amide bonds. The first kappa shape index (κ1) is 13.9. The van der Waals surface area contributed by atoms with E-state index >= 15 is 0 Å². The van der Waals surface area contributed by atoms with E-state index in [9.17, 15) is 18.0 Å². The van der Waals surface area contributed by atoms with E-state index in [-0.39, 0.29) is 5.56 Å². The van der Waals surface area contributed by atoms with Gasteiger partial charge in [0.15, 0.2) is 17.5 Å². The lowest BCUT2D eigenvalue weighted by Crippen LogP contribution is -2.37. The lowest BCUT2D eigenvalue weighted by Gasteiger charge is -2.27. The fraction of sp³-hybridized carbons (Fsp3) is 0.462. The van der Waals surface area contributed by atoms with Gasteiger partial charge in [0.25, 0.3) is 0 Å². The molecule has 0 spiro atoms. The number of halogens is 3. The monoisotopic (exact) mass is 273 g/mol. The standard InChI is InChI=1S/C13H14F3NO2/c1-2-17-10(3-4-11(17)13(18)19)7-5-8(14)12(16)9(15)6-7/h5-6,10-11H,2-4H2,1H3,(H,18,19)/t10-,11+/m0/s1. The molecule has 1 saturated heterocycles. The molecule has 1 aromatic rings. The topological polar surface area (TPSA) is 40.5 Å². The van der Waals surface area contributed by atoms with Gasteiger partial charge in [-0.2, -0.15) is 0 Å². The van der Waals surface area contributed by atoms with Crippen LogP contribution in [0.1, 0.15) is 31.4 Å². The van der Waals surface area contributed by atoms with Gasteiger partial charge in [-0.05, 0) is 37.1 Å². The molecular formula is C13H14F3NO2. The highest BCUT2D eigenvalue weighted by Crippen LogP contribution is 2.36. The molecular weight excluding hydrogens is 259 g/mol. The molecule has 0 aliphatic carbocycles. The van der Waals surface area contributed by atoms with Crippen LogP contribution in [0.5, 0.6) is 0 Å². The van der Waals surface area contributed by atoms with E-state index in [1.54, 1.807) is 11.8 Å². The Morgan fingerprint density at radius 3 is 2.37 bits per heavy atom. The highest BCUT2D eigenvalue weighted by molar-refractivity contribution is 5.74. The van der Waals surface area contributed by atoms with Crippen LogP contribution in [0.4, 0.5) is 13.2 Å². The average Bonchev–Trinajstić information content (AvgIpc) is 2.79. The predicted molar refractivity (Wildman–Crippen MR) is 62.1 cm³/mol. The number of aliphatic carboxylic acids is 1. The second-order valence-corrected chi connectivity index (χ2v) is 4.58. The quantitative estimate of drug-likeness (QED) is 0.861. The van der Waals surface area contributed by atoms with Crippen molar-refractivity contribution in [3.05, 3.63) is 35.1 Å². The highest BCUT2D eigenvalue weighted by Gasteiger charge is 2.38. The van der Waals surface area contributed by atoms with Crippen molar-refractivity contribution in [1.29, 1.82) is 0 Å². The maximum absolute atomic E-state index is 13.2. The molecule has 2 atom stereocenters. The molecule has 1 fully saturated rings. The van der Waals surface area contributed by atoms with Gasteiger partial charge in [-0.15, -0.1) is 0 Å². The van der Waals surface area contributed by atoms with Crippen LogP contribution in [0, 0.1) is 17.5 Å². The van der Waals surface area contributed by atoms with E-state index in [4.69, 9.17) is 5.11 Å². The van der Waals surface area contributed by atoms with Gasteiger partial charge in [0.2, 0.25) is 0 Å². The average molecular weight is 273 g/mol. The second kappa shape index (κ2) is 5.21. The smallest absolute Gasteiger partial charge is 0.320 e. The van der Waals surface area contributed by atoms with E-state index < -0.39 is 35.5 Å². The van der Waals surface area contributed by atoms with Gasteiger partial charge in [0.1, 0.15) is 6.04 Å². The predicted octanol–water partition coefficient (Wildman–Crippen LogP) is 2.71. The van der Waals surface area contributed by atoms with E-state index in [1.165, 1.54) is 0 Å². The van der Waals surface area contributed by atoms with Gasteiger partial charge in [0.05, 0.1) is 0 Å². The minimum atomic E-state index is -1.50. The van der Waals surface area contributed by atoms with E-state index in [2.05, 4.69) is 0 Å². The molecule has 0 bridgehead atoms. The fourth-order valence-electron chi connectivity index (χ4n) is 2.70. The SMILES string of the molecule is CCN1[C@@H](C(=O)O)CC[C@H]1c1cc(F)c(F)c(F)c1. The molecule has 19 heavy (non-hydrogen) atoms. The van der Waals surface area contributed by atoms with Crippen molar-refractivity contribution in [2.45, 2.75) is 31.8 Å². The molecule has 1 aromatic carbocycles. The number of carboxylic acids is 1. The molecule has 0 aromatic heterocycles. The van der Waals surface area contributed by atoms with Crippen molar-refractivity contribution >= 4 is 5.97 Å². The second-order valence-electron chi connectivity index (χ2n) is 4.58. The Bertz CT molecular complexity index is 484. The molecule has 104 valence electrons. The summed E-state index contributed by atoms with van der Waals surface area (Å²) in [5.41, 5.74) is 0.280. The van der Waals surface area contributed by atoms with E-state index in [1.807, 2.05) is 0 Å². The zero-order valence-electron chi connectivity index (χ0n) is 10.4. The zero-order chi connectivity index (χ0) is 14.2. The number of nitrogens with zero attached hydrogens (tertiary/aromatic N) is 1. The number of carboxylic acid groups (broad SMARTS) is 1. The fourth-order valence-corrected chi connectivity index (χ4v) is 2.70. The van der Waals surface area contributed by atoms with Crippen molar-refractivity contribution in [3.63, 3.8) is 0 Å². The minimum absolute atomic E-state index is 0.280. The first-order valence-electron chi connectivity index (χ1n) is 6.08. The van der Waals surface area contributed by atoms with Crippen LogP contribution in [-0.2, 0) is 4.79 Å². The Labute approximate surface area is 108 Å². The zero-order valence-corrected chi connectivity index (χ0v) is 10.4. The highest BCUT2D eigenvalue weighted by atomic mass is 19.2. The van der Waals surface area contributed by atoms with Gasteiger partial charge in [-0.1, -0.05) is 6.92 Å². The van der Waals surface area contributed by atoms with Crippen LogP contribution in [0.3, 0.4) is 0 Å². The van der Waals surface area contributed by atoms with E-state index in [0.29, 0.717) is 19.4 Å². The first-order valence-corrected chi connectivity index (χ1v) is 6.08. The lowest BCUT2D eigenvalue weighted by molar-refractivity contribution is -0.142. The Balaban J connectivity index is 2.34. The summed E-state index contributed by atoms with van der Waals surface area (Å²) in [4.78, 5) is 12.7. The Morgan fingerprint density at radius 2 is 1.89 bits per heavy atom. The molecule has 0 radical (unpaired) electrons. The number of likely N-dealkylation sites (tertiary alicyclic amines) is 1. The third-order valence-corrected chi connectivity index (χ3v) is 3.56. The number of hydrogen-bond donors (Lipinski definition) is 1. The summed E-state index contributed by atoms with van der Waals surface area (Å²) in [6.45, 7) is 2.23. The van der Waals surface area contributed by atoms with Gasteiger partial charge >= 0.3 is 5.97 Å². The van der Waals surface area contributed by atoms with Crippen LogP contribution in [0.25, 0.3) is 0 Å². The summed E-state index contributed by atoms with van der Waals surface area (Å²) in [6.07, 6.45) is 0.893. The Kier molecular flexibility index (Phi) is 3.80. The summed E-state index contributed by atoms with van der Waals surface area (Å²) >= 11 is 0. The maximum Gasteiger partial charge on any atom is 0.320 e. The van der Waals surface area contributed by atoms with Gasteiger partial charge in [-0.3, -0.25) is 9.69 Å². The van der Waals surface area contributed by atoms with Crippen LogP contribution in [0.15, 0.2) is 12.1 Å². The molecule has 6 heteroatoms. The molecule has 0 unspecified atom stereocenters. The van der Waals surface area contributed by atoms with Crippen molar-refractivity contribution in [1.82, 2.24) is 4.90 Å². The lowest BCUT2D eigenvalue weighted by atomic mass is 10.0. The summed E-state index contributed by atoms with van der Waals surface area (Å²) in [7, 11) is 0. The molecule has 1 heterocycles. The minimum Gasteiger partial charge on any atom is -0.480 e. The molecule has 1 aliphatic heterocycles. The third kappa shape index (κ3) is 2.45. The summed E-state index contributed by atoms with van der Waals surface area (Å²) in [6, 6.07) is 0.827. The maximum atomic E-state index is 13.2. The van der Waals surface area contributed by atoms with Gasteiger partial charge in [0, 0.05) is 6.04 Å². The van der Waals surface area contributed by atoms with Gasteiger partial charge < -0.3 is 5.11 Å². The Morgan fingerprint density at radius 1 is 1.32 bits per heavy atom. The third-order valence-electron chi connectivity index (χ3n) is 3.56. The molecule has 2 rings (SSSR count). The van der Waals surface area contributed by atoms with Crippen molar-refractivity contribution in [2.75, 3.05) is 6.54 Å². The van der Waals surface area contributed by atoms with Gasteiger partial charge in [-0.25, -0.2) is 13.2 Å². The number of rotatable bonds is 3. The number of hydrogen-bond acceptors (Lipinski definition) is 2. The number of benzene rings is 1. The largest absolute Gasteiger partial charge is 0.480 e. The molecule has 3 nitrogen and oxygen atoms in total. The van der Waals surface area contributed by atoms with Crippen molar-refractivity contribution in [2.24, 2.45) is 0 Å². The summed E-state index contributed by atoms with van der Waals surface area (Å²) in [5, 5.41) is 9.08. The van der Waals surface area contributed by atoms with E-state index in [0.717, 1.165) is 12.1 Å². The summed E-state index contributed by atoms with van der Waals surface area (Å²) in [5.74, 6) is -4.94. The Hall–Kier alpha value is -1.56. The first-order chi connectivity index (χ1) is 8.95. The van der Waals surface area contributed by atoms with Crippen LogP contribution >= 0.6 is 0 Å². The molecule has 1 aliphatic rings.